The number of halogens is 2. The minimum Gasteiger partial charge on any atom is -0.373 e. The van der Waals surface area contributed by atoms with Gasteiger partial charge in [-0.15, -0.1) is 0 Å². The average molecular weight is 493 g/mol. The zero-order chi connectivity index (χ0) is 24.3. The van der Waals surface area contributed by atoms with Gasteiger partial charge in [0.15, 0.2) is 5.65 Å². The highest BCUT2D eigenvalue weighted by Crippen LogP contribution is 2.43. The fourth-order valence-electron chi connectivity index (χ4n) is 4.72. The lowest BCUT2D eigenvalue weighted by Gasteiger charge is -2.37. The van der Waals surface area contributed by atoms with Crippen molar-refractivity contribution in [1.29, 1.82) is 0 Å². The molecule has 0 radical (unpaired) electrons. The van der Waals surface area contributed by atoms with E-state index in [0.29, 0.717) is 52.3 Å². The number of aromatic nitrogens is 6. The van der Waals surface area contributed by atoms with Crippen LogP contribution in [0, 0.1) is 19.7 Å². The van der Waals surface area contributed by atoms with Crippen LogP contribution in [0.1, 0.15) is 67.5 Å². The summed E-state index contributed by atoms with van der Waals surface area (Å²) >= 11 is 6.02. The van der Waals surface area contributed by atoms with Gasteiger partial charge >= 0.3 is 0 Å². The van der Waals surface area contributed by atoms with Gasteiger partial charge < -0.3 is 4.74 Å². The Morgan fingerprint density at radius 3 is 2.69 bits per heavy atom. The van der Waals surface area contributed by atoms with Crippen molar-refractivity contribution in [2.24, 2.45) is 0 Å². The number of hydrogen-bond acceptors (Lipinski definition) is 6. The van der Waals surface area contributed by atoms with Gasteiger partial charge in [0, 0.05) is 34.4 Å². The molecule has 7 nitrogen and oxygen atoms in total. The molecular weight excluding hydrogens is 467 g/mol. The number of hydrogen-bond donors (Lipinski definition) is 0. The van der Waals surface area contributed by atoms with E-state index in [0.717, 1.165) is 23.4 Å². The van der Waals surface area contributed by atoms with Crippen molar-refractivity contribution in [3.8, 4) is 11.3 Å². The molecule has 1 aliphatic carbocycles. The third-order valence-corrected chi connectivity index (χ3v) is 7.43. The summed E-state index contributed by atoms with van der Waals surface area (Å²) in [6, 6.07) is 5.11. The fourth-order valence-corrected chi connectivity index (χ4v) is 4.88. The van der Waals surface area contributed by atoms with E-state index in [2.05, 4.69) is 23.2 Å². The average Bonchev–Trinajstić information content (AvgIpc) is 3.56. The number of aryl methyl sites for hydroxylation is 2. The lowest BCUT2D eigenvalue weighted by Crippen LogP contribution is -2.34. The second kappa shape index (κ2) is 8.31. The number of fused-ring (bicyclic) bond motifs is 1. The first-order valence-electron chi connectivity index (χ1n) is 12.0. The van der Waals surface area contributed by atoms with Gasteiger partial charge in [0.1, 0.15) is 22.9 Å². The van der Waals surface area contributed by atoms with E-state index in [1.54, 1.807) is 12.1 Å². The van der Waals surface area contributed by atoms with Gasteiger partial charge in [-0.2, -0.15) is 5.10 Å². The Hall–Kier alpha value is -2.97. The second-order valence-corrected chi connectivity index (χ2v) is 10.4. The van der Waals surface area contributed by atoms with Crippen LogP contribution in [0.3, 0.4) is 0 Å². The van der Waals surface area contributed by atoms with Gasteiger partial charge in [-0.1, -0.05) is 18.5 Å². The van der Waals surface area contributed by atoms with Crippen LogP contribution in [-0.2, 0) is 10.2 Å². The van der Waals surface area contributed by atoms with Crippen molar-refractivity contribution in [2.75, 3.05) is 6.61 Å². The van der Waals surface area contributed by atoms with E-state index in [9.17, 15) is 0 Å². The Morgan fingerprint density at radius 1 is 1.11 bits per heavy atom. The molecule has 9 heteroatoms. The van der Waals surface area contributed by atoms with Gasteiger partial charge in [0.2, 0.25) is 0 Å². The van der Waals surface area contributed by atoms with E-state index >= 15 is 4.39 Å². The summed E-state index contributed by atoms with van der Waals surface area (Å²) < 4.78 is 23.2. The molecule has 0 N–H and O–H groups in total. The molecular formula is C26H26ClFN6O. The van der Waals surface area contributed by atoms with Crippen LogP contribution >= 0.6 is 11.6 Å². The van der Waals surface area contributed by atoms with Crippen LogP contribution in [0.4, 0.5) is 4.39 Å². The Morgan fingerprint density at radius 2 is 1.91 bits per heavy atom. The summed E-state index contributed by atoms with van der Waals surface area (Å²) in [5.74, 6) is 0.167. The third kappa shape index (κ3) is 4.08. The Balaban J connectivity index is 1.45. The van der Waals surface area contributed by atoms with Crippen LogP contribution in [0.25, 0.3) is 22.4 Å². The molecule has 0 bridgehead atoms. The summed E-state index contributed by atoms with van der Waals surface area (Å²) in [4.78, 5) is 19.2. The number of rotatable bonds is 4. The monoisotopic (exact) mass is 492 g/mol. The molecule has 1 saturated carbocycles. The van der Waals surface area contributed by atoms with Gasteiger partial charge in [-0.05, 0) is 57.7 Å². The molecule has 1 saturated heterocycles. The summed E-state index contributed by atoms with van der Waals surface area (Å²) in [6.45, 7) is 6.49. The fraction of sp³-hybridized carbons (Fsp3) is 0.423. The summed E-state index contributed by atoms with van der Waals surface area (Å²) in [7, 11) is 0. The highest BCUT2D eigenvalue weighted by Gasteiger charge is 2.39. The van der Waals surface area contributed by atoms with E-state index in [4.69, 9.17) is 31.3 Å². The van der Waals surface area contributed by atoms with Crippen LogP contribution in [0.5, 0.6) is 0 Å². The number of ether oxygens (including phenoxy) is 1. The molecule has 0 amide bonds. The zero-order valence-electron chi connectivity index (χ0n) is 19.9. The van der Waals surface area contributed by atoms with Crippen molar-refractivity contribution in [3.05, 3.63) is 64.2 Å². The van der Waals surface area contributed by atoms with Crippen molar-refractivity contribution in [2.45, 2.75) is 64.0 Å². The molecule has 2 aliphatic rings. The highest BCUT2D eigenvalue weighted by atomic mass is 35.5. The van der Waals surface area contributed by atoms with E-state index in [1.807, 2.05) is 24.7 Å². The molecule has 4 aromatic rings. The van der Waals surface area contributed by atoms with Crippen molar-refractivity contribution >= 4 is 22.8 Å². The molecule has 0 spiro atoms. The number of nitrogens with zero attached hydrogens (tertiary/aromatic N) is 6. The standard InChI is InChI=1S/C26H26ClFN6O/c1-14-15(2)31-24-23(30-14)22(19-7-4-17(27)10-20(19)28)32-25(33-24)26(3)8-9-35-21(11-26)16-12-29-34(13-16)18-5-6-18/h4,7,10,12-13,18,21H,5-6,8-9,11H2,1-3H3. The quantitative estimate of drug-likeness (QED) is 0.356. The molecule has 35 heavy (non-hydrogen) atoms. The van der Waals surface area contributed by atoms with E-state index in [1.165, 1.54) is 18.9 Å². The van der Waals surface area contributed by atoms with Crippen LogP contribution < -0.4 is 0 Å². The maximum Gasteiger partial charge on any atom is 0.182 e. The largest absolute Gasteiger partial charge is 0.373 e. The maximum atomic E-state index is 15.0. The van der Waals surface area contributed by atoms with E-state index < -0.39 is 11.2 Å². The molecule has 1 aliphatic heterocycles. The molecule has 1 aromatic carbocycles. The first-order valence-corrected chi connectivity index (χ1v) is 12.3. The molecule has 2 atom stereocenters. The van der Waals surface area contributed by atoms with Gasteiger partial charge in [-0.3, -0.25) is 4.68 Å². The van der Waals surface area contributed by atoms with Gasteiger partial charge in [-0.25, -0.2) is 24.3 Å². The molecule has 2 fully saturated rings. The Labute approximate surface area is 207 Å². The molecule has 180 valence electrons. The predicted octanol–water partition coefficient (Wildman–Crippen LogP) is 5.84. The van der Waals surface area contributed by atoms with Crippen molar-refractivity contribution < 1.29 is 9.13 Å². The van der Waals surface area contributed by atoms with E-state index in [-0.39, 0.29) is 6.10 Å². The Bertz CT molecular complexity index is 1450. The number of benzene rings is 1. The minimum absolute atomic E-state index is 0.109. The summed E-state index contributed by atoms with van der Waals surface area (Å²) in [5, 5.41) is 4.87. The zero-order valence-corrected chi connectivity index (χ0v) is 20.7. The summed E-state index contributed by atoms with van der Waals surface area (Å²) in [5.41, 5.74) is 3.93. The summed E-state index contributed by atoms with van der Waals surface area (Å²) in [6.07, 6.45) is 7.69. The predicted molar refractivity (Wildman–Crippen MR) is 131 cm³/mol. The third-order valence-electron chi connectivity index (χ3n) is 7.19. The second-order valence-electron chi connectivity index (χ2n) is 9.95. The van der Waals surface area contributed by atoms with Crippen LogP contribution in [0.2, 0.25) is 5.02 Å². The minimum atomic E-state index is -0.453. The van der Waals surface area contributed by atoms with Crippen molar-refractivity contribution in [3.63, 3.8) is 0 Å². The topological polar surface area (TPSA) is 78.6 Å². The van der Waals surface area contributed by atoms with Gasteiger partial charge in [0.05, 0.1) is 29.7 Å². The molecule has 4 heterocycles. The first kappa shape index (κ1) is 22.5. The Kier molecular flexibility index (Phi) is 5.34. The normalized spacial score (nSPS) is 22.6. The SMILES string of the molecule is Cc1nc2nc(C3(C)CCOC(c4cnn(C5CC5)c4)C3)nc(-c3ccc(Cl)cc3F)c2nc1C. The van der Waals surface area contributed by atoms with Gasteiger partial charge in [0.25, 0.3) is 0 Å². The lowest BCUT2D eigenvalue weighted by molar-refractivity contribution is -0.0204. The highest BCUT2D eigenvalue weighted by molar-refractivity contribution is 6.30. The first-order chi connectivity index (χ1) is 16.8. The van der Waals surface area contributed by atoms with Crippen molar-refractivity contribution in [1.82, 2.24) is 29.7 Å². The smallest absolute Gasteiger partial charge is 0.182 e. The molecule has 2 unspecified atom stereocenters. The lowest BCUT2D eigenvalue weighted by atomic mass is 9.77. The van der Waals surface area contributed by atoms with Crippen LogP contribution in [-0.4, -0.2) is 36.3 Å². The van der Waals surface area contributed by atoms with Crippen LogP contribution in [0.15, 0.2) is 30.6 Å². The maximum absolute atomic E-state index is 15.0. The molecule has 3 aromatic heterocycles. The molecule has 6 rings (SSSR count).